The number of nitrogens with zero attached hydrogens (tertiary/aromatic N) is 2. The maximum absolute atomic E-state index is 10.9. The average Bonchev–Trinajstić information content (AvgIpc) is 3.18. The molecule has 0 aromatic heterocycles. The smallest absolute Gasteiger partial charge is 0.0920 e. The second-order valence-electron chi connectivity index (χ2n) is 7.71. The maximum Gasteiger partial charge on any atom is 0.0920 e. The Morgan fingerprint density at radius 2 is 1.83 bits per heavy atom. The van der Waals surface area contributed by atoms with Gasteiger partial charge < -0.3 is 10.0 Å². The van der Waals surface area contributed by atoms with E-state index in [-0.39, 0.29) is 0 Å². The van der Waals surface area contributed by atoms with Crippen LogP contribution in [0.1, 0.15) is 37.7 Å². The number of piperidine rings is 2. The minimum Gasteiger partial charge on any atom is -0.385 e. The van der Waals surface area contributed by atoms with Gasteiger partial charge in [-0.05, 0) is 55.7 Å². The SMILES string of the molecule is OC1(c2ccc(Cl)cc2)CCN(CCN2C[C@H]3CC[C@@H]2C3)CC1. The molecule has 4 heteroatoms. The van der Waals surface area contributed by atoms with Gasteiger partial charge >= 0.3 is 0 Å². The summed E-state index contributed by atoms with van der Waals surface area (Å²) < 4.78 is 0. The average molecular weight is 335 g/mol. The van der Waals surface area contributed by atoms with Crippen molar-refractivity contribution >= 4 is 11.6 Å². The standard InChI is InChI=1S/C19H27ClN2O/c20-17-4-2-16(3-5-17)19(23)7-9-21(10-8-19)11-12-22-14-15-1-6-18(22)13-15/h2-5,15,18,23H,1,6-14H2/t15-,18+/m0/s1. The molecule has 0 spiro atoms. The molecule has 1 aromatic rings. The zero-order valence-electron chi connectivity index (χ0n) is 13.8. The molecule has 3 fully saturated rings. The van der Waals surface area contributed by atoms with E-state index in [0.717, 1.165) is 55.0 Å². The number of fused-ring (bicyclic) bond motifs is 2. The predicted octanol–water partition coefficient (Wildman–Crippen LogP) is 3.11. The summed E-state index contributed by atoms with van der Waals surface area (Å²) in [5.41, 5.74) is 0.340. The Morgan fingerprint density at radius 3 is 2.43 bits per heavy atom. The highest BCUT2D eigenvalue weighted by Crippen LogP contribution is 2.37. The Hall–Kier alpha value is -0.610. The van der Waals surface area contributed by atoms with Crippen molar-refractivity contribution in [2.45, 2.75) is 43.7 Å². The van der Waals surface area contributed by atoms with Crippen LogP contribution in [0.3, 0.4) is 0 Å². The molecule has 0 radical (unpaired) electrons. The molecule has 3 nitrogen and oxygen atoms in total. The quantitative estimate of drug-likeness (QED) is 0.916. The summed E-state index contributed by atoms with van der Waals surface area (Å²) in [5, 5.41) is 11.7. The fraction of sp³-hybridized carbons (Fsp3) is 0.684. The van der Waals surface area contributed by atoms with Gasteiger partial charge in [-0.2, -0.15) is 0 Å². The lowest BCUT2D eigenvalue weighted by atomic mass is 9.84. The highest BCUT2D eigenvalue weighted by Gasteiger charge is 2.38. The third kappa shape index (κ3) is 3.30. The van der Waals surface area contributed by atoms with Crippen LogP contribution in [0.4, 0.5) is 0 Å². The van der Waals surface area contributed by atoms with Crippen molar-refractivity contribution in [2.24, 2.45) is 5.92 Å². The van der Waals surface area contributed by atoms with E-state index in [9.17, 15) is 5.11 Å². The van der Waals surface area contributed by atoms with E-state index in [1.54, 1.807) is 0 Å². The van der Waals surface area contributed by atoms with Crippen LogP contribution in [0, 0.1) is 5.92 Å². The molecule has 2 heterocycles. The van der Waals surface area contributed by atoms with Gasteiger partial charge in [0.15, 0.2) is 0 Å². The molecule has 23 heavy (non-hydrogen) atoms. The summed E-state index contributed by atoms with van der Waals surface area (Å²) in [6.07, 6.45) is 5.96. The second kappa shape index (κ2) is 6.36. The Balaban J connectivity index is 1.28. The second-order valence-corrected chi connectivity index (χ2v) is 8.14. The van der Waals surface area contributed by atoms with Crippen molar-refractivity contribution < 1.29 is 5.11 Å². The predicted molar refractivity (Wildman–Crippen MR) is 93.7 cm³/mol. The number of hydrogen-bond donors (Lipinski definition) is 1. The normalized spacial score (nSPS) is 30.9. The van der Waals surface area contributed by atoms with E-state index in [2.05, 4.69) is 9.80 Å². The molecule has 126 valence electrons. The summed E-state index contributed by atoms with van der Waals surface area (Å²) in [6.45, 7) is 5.66. The summed E-state index contributed by atoms with van der Waals surface area (Å²) in [4.78, 5) is 5.23. The highest BCUT2D eigenvalue weighted by molar-refractivity contribution is 6.30. The van der Waals surface area contributed by atoms with E-state index >= 15 is 0 Å². The van der Waals surface area contributed by atoms with Crippen LogP contribution in [0.5, 0.6) is 0 Å². The molecule has 1 aliphatic carbocycles. The van der Waals surface area contributed by atoms with Crippen LogP contribution in [0.15, 0.2) is 24.3 Å². The molecule has 2 atom stereocenters. The lowest BCUT2D eigenvalue weighted by Gasteiger charge is -2.39. The highest BCUT2D eigenvalue weighted by atomic mass is 35.5. The summed E-state index contributed by atoms with van der Waals surface area (Å²) >= 11 is 5.95. The molecule has 2 aliphatic heterocycles. The van der Waals surface area contributed by atoms with Gasteiger partial charge in [0, 0.05) is 43.8 Å². The van der Waals surface area contributed by atoms with Crippen LogP contribution in [-0.2, 0) is 5.60 Å². The number of halogens is 1. The minimum atomic E-state index is -0.673. The molecular formula is C19H27ClN2O. The molecule has 2 saturated heterocycles. The van der Waals surface area contributed by atoms with Gasteiger partial charge in [-0.3, -0.25) is 4.90 Å². The summed E-state index contributed by atoms with van der Waals surface area (Å²) in [6, 6.07) is 8.57. The first-order chi connectivity index (χ1) is 11.1. The lowest BCUT2D eigenvalue weighted by molar-refractivity contribution is -0.0277. The van der Waals surface area contributed by atoms with Crippen molar-refractivity contribution in [3.63, 3.8) is 0 Å². The fourth-order valence-electron chi connectivity index (χ4n) is 4.77. The van der Waals surface area contributed by atoms with Crippen LogP contribution in [0.2, 0.25) is 5.02 Å². The third-order valence-corrected chi connectivity index (χ3v) is 6.54. The van der Waals surface area contributed by atoms with Crippen molar-refractivity contribution in [2.75, 3.05) is 32.7 Å². The number of rotatable bonds is 4. The van der Waals surface area contributed by atoms with Crippen molar-refractivity contribution in [3.8, 4) is 0 Å². The molecule has 1 saturated carbocycles. The first-order valence-electron chi connectivity index (χ1n) is 9.07. The van der Waals surface area contributed by atoms with Crippen LogP contribution >= 0.6 is 11.6 Å². The van der Waals surface area contributed by atoms with Gasteiger partial charge in [0.2, 0.25) is 0 Å². The Morgan fingerprint density at radius 1 is 1.09 bits per heavy atom. The zero-order valence-corrected chi connectivity index (χ0v) is 14.5. The largest absolute Gasteiger partial charge is 0.385 e. The van der Waals surface area contributed by atoms with Gasteiger partial charge in [-0.1, -0.05) is 23.7 Å². The van der Waals surface area contributed by atoms with Gasteiger partial charge in [0.1, 0.15) is 0 Å². The lowest BCUT2D eigenvalue weighted by Crippen LogP contribution is -2.46. The van der Waals surface area contributed by atoms with Gasteiger partial charge in [0.25, 0.3) is 0 Å². The third-order valence-electron chi connectivity index (χ3n) is 6.29. The number of aliphatic hydroxyl groups is 1. The first kappa shape index (κ1) is 15.9. The molecule has 3 aliphatic rings. The van der Waals surface area contributed by atoms with Gasteiger partial charge in [-0.15, -0.1) is 0 Å². The molecule has 0 amide bonds. The number of benzene rings is 1. The Labute approximate surface area is 144 Å². The zero-order chi connectivity index (χ0) is 15.9. The van der Waals surface area contributed by atoms with Gasteiger partial charge in [-0.25, -0.2) is 0 Å². The first-order valence-corrected chi connectivity index (χ1v) is 9.45. The fourth-order valence-corrected chi connectivity index (χ4v) is 4.89. The Kier molecular flexibility index (Phi) is 4.39. The van der Waals surface area contributed by atoms with E-state index in [0.29, 0.717) is 0 Å². The van der Waals surface area contributed by atoms with E-state index in [4.69, 9.17) is 11.6 Å². The topological polar surface area (TPSA) is 26.7 Å². The van der Waals surface area contributed by atoms with Crippen molar-refractivity contribution in [1.82, 2.24) is 9.80 Å². The minimum absolute atomic E-state index is 0.673. The van der Waals surface area contributed by atoms with Crippen molar-refractivity contribution in [1.29, 1.82) is 0 Å². The molecule has 2 bridgehead atoms. The van der Waals surface area contributed by atoms with E-state index in [1.165, 1.54) is 32.4 Å². The van der Waals surface area contributed by atoms with E-state index < -0.39 is 5.60 Å². The Bertz CT molecular complexity index is 539. The van der Waals surface area contributed by atoms with E-state index in [1.807, 2.05) is 24.3 Å². The maximum atomic E-state index is 10.9. The number of likely N-dealkylation sites (tertiary alicyclic amines) is 2. The summed E-state index contributed by atoms with van der Waals surface area (Å²) in [7, 11) is 0. The molecule has 1 N–H and O–H groups in total. The van der Waals surface area contributed by atoms with Crippen LogP contribution in [-0.4, -0.2) is 53.7 Å². The van der Waals surface area contributed by atoms with Gasteiger partial charge in [0.05, 0.1) is 5.60 Å². The molecule has 1 aromatic carbocycles. The van der Waals surface area contributed by atoms with Crippen molar-refractivity contribution in [3.05, 3.63) is 34.9 Å². The monoisotopic (exact) mass is 334 g/mol. The van der Waals surface area contributed by atoms with Crippen LogP contribution < -0.4 is 0 Å². The molecular weight excluding hydrogens is 308 g/mol. The van der Waals surface area contributed by atoms with Crippen LogP contribution in [0.25, 0.3) is 0 Å². The number of hydrogen-bond acceptors (Lipinski definition) is 3. The molecule has 4 rings (SSSR count). The summed E-state index contributed by atoms with van der Waals surface area (Å²) in [5.74, 6) is 0.983. The molecule has 0 unspecified atom stereocenters.